The summed E-state index contributed by atoms with van der Waals surface area (Å²) < 4.78 is 25.6. The fourth-order valence-electron chi connectivity index (χ4n) is 2.10. The quantitative estimate of drug-likeness (QED) is 0.812. The molecule has 0 aliphatic carbocycles. The lowest BCUT2D eigenvalue weighted by Crippen LogP contribution is -2.36. The summed E-state index contributed by atoms with van der Waals surface area (Å²) >= 11 is 0. The number of hydrogen-bond acceptors (Lipinski definition) is 4. The summed E-state index contributed by atoms with van der Waals surface area (Å²) in [6, 6.07) is 7.00. The molecule has 1 saturated heterocycles. The summed E-state index contributed by atoms with van der Waals surface area (Å²) in [5, 5.41) is 8.92. The van der Waals surface area contributed by atoms with Crippen molar-refractivity contribution in [2.24, 2.45) is 0 Å². The van der Waals surface area contributed by atoms with Crippen LogP contribution < -0.4 is 0 Å². The molecule has 0 amide bonds. The van der Waals surface area contributed by atoms with Crippen LogP contribution >= 0.6 is 0 Å². The Morgan fingerprint density at radius 1 is 1.50 bits per heavy atom. The number of pyridine rings is 1. The van der Waals surface area contributed by atoms with Gasteiger partial charge in [0.15, 0.2) is 0 Å². The summed E-state index contributed by atoms with van der Waals surface area (Å²) in [7, 11) is -3.35. The van der Waals surface area contributed by atoms with Crippen molar-refractivity contribution in [1.29, 1.82) is 5.26 Å². The van der Waals surface area contributed by atoms with Gasteiger partial charge in [-0.15, -0.1) is 0 Å². The molecular weight excluding hydrogens is 250 g/mol. The molecule has 18 heavy (non-hydrogen) atoms. The third kappa shape index (κ3) is 2.86. The summed E-state index contributed by atoms with van der Waals surface area (Å²) in [6.07, 6.45) is 3.44. The highest BCUT2D eigenvalue weighted by Crippen LogP contribution is 2.21. The number of sulfonamides is 1. The highest BCUT2D eigenvalue weighted by Gasteiger charge is 2.33. The van der Waals surface area contributed by atoms with E-state index in [2.05, 4.69) is 4.98 Å². The van der Waals surface area contributed by atoms with Gasteiger partial charge >= 0.3 is 0 Å². The smallest absolute Gasteiger partial charge is 0.215 e. The van der Waals surface area contributed by atoms with Crippen molar-refractivity contribution in [3.63, 3.8) is 0 Å². The highest BCUT2D eigenvalue weighted by atomic mass is 32.2. The molecule has 1 unspecified atom stereocenters. The average Bonchev–Trinajstić information content (AvgIpc) is 2.87. The average molecular weight is 265 g/mol. The summed E-state index contributed by atoms with van der Waals surface area (Å²) in [5.74, 6) is 0.0161. The zero-order valence-corrected chi connectivity index (χ0v) is 10.8. The fraction of sp³-hybridized carbons (Fsp3) is 0.500. The molecule has 1 atom stereocenters. The van der Waals surface area contributed by atoms with Gasteiger partial charge in [-0.05, 0) is 25.0 Å². The Bertz CT molecular complexity index is 536. The largest absolute Gasteiger partial charge is 0.261 e. The van der Waals surface area contributed by atoms with Crippen LogP contribution in [0.3, 0.4) is 0 Å². The Labute approximate surface area is 107 Å². The first-order valence-corrected chi connectivity index (χ1v) is 7.53. The number of rotatable bonds is 4. The highest BCUT2D eigenvalue weighted by molar-refractivity contribution is 7.89. The predicted octanol–water partition coefficient (Wildman–Crippen LogP) is 0.942. The van der Waals surface area contributed by atoms with E-state index < -0.39 is 16.1 Å². The molecule has 1 aromatic rings. The maximum atomic E-state index is 12.1. The van der Waals surface area contributed by atoms with Gasteiger partial charge < -0.3 is 0 Å². The van der Waals surface area contributed by atoms with Gasteiger partial charge in [0.05, 0.1) is 11.8 Å². The predicted molar refractivity (Wildman–Crippen MR) is 67.1 cm³/mol. The first-order chi connectivity index (χ1) is 8.63. The van der Waals surface area contributed by atoms with Crippen LogP contribution in [-0.4, -0.2) is 36.0 Å². The van der Waals surface area contributed by atoms with Crippen molar-refractivity contribution in [3.05, 3.63) is 30.1 Å². The lowest BCUT2D eigenvalue weighted by molar-refractivity contribution is 0.437. The minimum absolute atomic E-state index is 0.0161. The minimum Gasteiger partial charge on any atom is -0.261 e. The first kappa shape index (κ1) is 13.0. The van der Waals surface area contributed by atoms with Crippen molar-refractivity contribution in [3.8, 4) is 6.07 Å². The molecule has 2 rings (SSSR count). The fourth-order valence-corrected chi connectivity index (χ4v) is 3.75. The molecule has 0 aromatic carbocycles. The molecule has 0 bridgehead atoms. The van der Waals surface area contributed by atoms with E-state index in [4.69, 9.17) is 5.26 Å². The standard InChI is InChI=1S/C12H15N3O2S/c13-10-12-5-3-8-15(12)18(16,17)9-6-11-4-1-2-7-14-11/h1-2,4,7,12H,3,5-6,8-9H2. The Kier molecular flexibility index (Phi) is 3.94. The lowest BCUT2D eigenvalue weighted by Gasteiger charge is -2.18. The number of nitrogens with zero attached hydrogens (tertiary/aromatic N) is 3. The van der Waals surface area contributed by atoms with E-state index in [1.807, 2.05) is 12.1 Å². The van der Waals surface area contributed by atoms with Crippen LogP contribution in [0.5, 0.6) is 0 Å². The van der Waals surface area contributed by atoms with Crippen molar-refractivity contribution in [2.75, 3.05) is 12.3 Å². The maximum Gasteiger partial charge on any atom is 0.215 e. The Hall–Kier alpha value is -1.45. The van der Waals surface area contributed by atoms with Gasteiger partial charge in [0.1, 0.15) is 6.04 Å². The van der Waals surface area contributed by atoms with Crippen LogP contribution in [0.1, 0.15) is 18.5 Å². The second kappa shape index (κ2) is 5.46. The molecule has 5 nitrogen and oxygen atoms in total. The SMILES string of the molecule is N#CC1CCCN1S(=O)(=O)CCc1ccccn1. The Morgan fingerprint density at radius 2 is 2.33 bits per heavy atom. The van der Waals surface area contributed by atoms with Crippen LogP contribution in [0, 0.1) is 11.3 Å². The lowest BCUT2D eigenvalue weighted by atomic mass is 10.2. The third-order valence-corrected chi connectivity index (χ3v) is 4.92. The third-order valence-electron chi connectivity index (χ3n) is 3.05. The number of aromatic nitrogens is 1. The van der Waals surface area contributed by atoms with Crippen LogP contribution in [-0.2, 0) is 16.4 Å². The van der Waals surface area contributed by atoms with E-state index in [1.165, 1.54) is 4.31 Å². The van der Waals surface area contributed by atoms with E-state index >= 15 is 0 Å². The van der Waals surface area contributed by atoms with Gasteiger partial charge in [0.25, 0.3) is 0 Å². The normalized spacial score (nSPS) is 20.7. The van der Waals surface area contributed by atoms with E-state index in [0.29, 0.717) is 19.4 Å². The molecule has 96 valence electrons. The Morgan fingerprint density at radius 3 is 3.00 bits per heavy atom. The van der Waals surface area contributed by atoms with Crippen LogP contribution in [0.4, 0.5) is 0 Å². The van der Waals surface area contributed by atoms with Gasteiger partial charge in [0.2, 0.25) is 10.0 Å². The molecule has 1 aliphatic heterocycles. The van der Waals surface area contributed by atoms with Crippen LogP contribution in [0.2, 0.25) is 0 Å². The summed E-state index contributed by atoms with van der Waals surface area (Å²) in [6.45, 7) is 0.461. The number of hydrogen-bond donors (Lipinski definition) is 0. The minimum atomic E-state index is -3.35. The van der Waals surface area contributed by atoms with Gasteiger partial charge in [-0.25, -0.2) is 8.42 Å². The van der Waals surface area contributed by atoms with Crippen LogP contribution in [0.25, 0.3) is 0 Å². The molecule has 1 aliphatic rings. The van der Waals surface area contributed by atoms with E-state index in [0.717, 1.165) is 12.1 Å². The zero-order chi connectivity index (χ0) is 13.0. The number of aryl methyl sites for hydroxylation is 1. The van der Waals surface area contributed by atoms with E-state index in [1.54, 1.807) is 18.3 Å². The zero-order valence-electron chi connectivity index (χ0n) is 9.99. The molecule has 0 saturated carbocycles. The van der Waals surface area contributed by atoms with Gasteiger partial charge in [0, 0.05) is 24.9 Å². The van der Waals surface area contributed by atoms with Crippen molar-refractivity contribution >= 4 is 10.0 Å². The summed E-state index contributed by atoms with van der Waals surface area (Å²) in [5.41, 5.74) is 0.758. The van der Waals surface area contributed by atoms with Crippen molar-refractivity contribution in [1.82, 2.24) is 9.29 Å². The summed E-state index contributed by atoms with van der Waals surface area (Å²) in [4.78, 5) is 4.10. The van der Waals surface area contributed by atoms with Crippen molar-refractivity contribution < 1.29 is 8.42 Å². The molecule has 1 fully saturated rings. The molecule has 2 heterocycles. The maximum absolute atomic E-state index is 12.1. The topological polar surface area (TPSA) is 74.1 Å². The van der Waals surface area contributed by atoms with E-state index in [-0.39, 0.29) is 5.75 Å². The van der Waals surface area contributed by atoms with Gasteiger partial charge in [-0.2, -0.15) is 9.57 Å². The molecule has 0 radical (unpaired) electrons. The Balaban J connectivity index is 2.02. The first-order valence-electron chi connectivity index (χ1n) is 5.92. The molecule has 6 heteroatoms. The molecule has 0 N–H and O–H groups in total. The van der Waals surface area contributed by atoms with Crippen molar-refractivity contribution in [2.45, 2.75) is 25.3 Å². The molecule has 1 aromatic heterocycles. The monoisotopic (exact) mass is 265 g/mol. The molecular formula is C12H15N3O2S. The van der Waals surface area contributed by atoms with Gasteiger partial charge in [-0.1, -0.05) is 6.07 Å². The second-order valence-electron chi connectivity index (χ2n) is 4.28. The van der Waals surface area contributed by atoms with Gasteiger partial charge in [-0.3, -0.25) is 4.98 Å². The second-order valence-corrected chi connectivity index (χ2v) is 6.33. The van der Waals surface area contributed by atoms with E-state index in [9.17, 15) is 8.42 Å². The van der Waals surface area contributed by atoms with Crippen LogP contribution in [0.15, 0.2) is 24.4 Å². The number of nitriles is 1. The molecule has 0 spiro atoms.